The van der Waals surface area contributed by atoms with E-state index in [1.165, 1.54) is 13.3 Å². The molecule has 1 aliphatic rings. The van der Waals surface area contributed by atoms with Gasteiger partial charge >= 0.3 is 0 Å². The molecule has 2 heterocycles. The Morgan fingerprint density at radius 3 is 2.69 bits per heavy atom. The predicted octanol–water partition coefficient (Wildman–Crippen LogP) is 3.17. The summed E-state index contributed by atoms with van der Waals surface area (Å²) in [5.74, 6) is 0.930. The lowest BCUT2D eigenvalue weighted by atomic mass is 9.83. The molecular formula is C19H25ClN4O4S. The van der Waals surface area contributed by atoms with E-state index in [2.05, 4.69) is 20.3 Å². The third kappa shape index (κ3) is 6.52. The summed E-state index contributed by atoms with van der Waals surface area (Å²) in [6.45, 7) is 6.73. The zero-order valence-electron chi connectivity index (χ0n) is 16.7. The summed E-state index contributed by atoms with van der Waals surface area (Å²) in [4.78, 5) is 24.6. The molecule has 0 aliphatic heterocycles. The molecule has 8 nitrogen and oxygen atoms in total. The van der Waals surface area contributed by atoms with Crippen molar-refractivity contribution in [2.24, 2.45) is 5.92 Å². The highest BCUT2D eigenvalue weighted by Gasteiger charge is 2.31. The molecule has 29 heavy (non-hydrogen) atoms. The number of aromatic nitrogens is 3. The molecule has 1 atom stereocenters. The van der Waals surface area contributed by atoms with Gasteiger partial charge in [0.2, 0.25) is 17.7 Å². The fourth-order valence-electron chi connectivity index (χ4n) is 2.95. The van der Waals surface area contributed by atoms with E-state index in [0.717, 1.165) is 22.7 Å². The molecule has 0 aromatic carbocycles. The lowest BCUT2D eigenvalue weighted by molar-refractivity contribution is -0.120. The van der Waals surface area contributed by atoms with E-state index in [9.17, 15) is 4.79 Å². The average Bonchev–Trinajstić information content (AvgIpc) is 3.04. The number of hydrogen-bond donors (Lipinski definition) is 1. The van der Waals surface area contributed by atoms with Crippen molar-refractivity contribution >= 4 is 28.8 Å². The zero-order valence-corrected chi connectivity index (χ0v) is 18.3. The molecule has 158 valence electrons. The lowest BCUT2D eigenvalue weighted by Crippen LogP contribution is -2.40. The Bertz CT molecular complexity index is 828. The Labute approximate surface area is 179 Å². The van der Waals surface area contributed by atoms with Gasteiger partial charge in [0, 0.05) is 24.0 Å². The van der Waals surface area contributed by atoms with Crippen LogP contribution in [0.4, 0.5) is 0 Å². The van der Waals surface area contributed by atoms with Crippen molar-refractivity contribution in [2.75, 3.05) is 13.2 Å². The Morgan fingerprint density at radius 2 is 2.03 bits per heavy atom. The minimum atomic E-state index is -0.0483. The monoisotopic (exact) mass is 440 g/mol. The molecule has 1 aliphatic carbocycles. The number of carbonyl (C=O) groups excluding carboxylic acids is 1. The number of amides is 1. The first-order valence-electron chi connectivity index (χ1n) is 9.46. The van der Waals surface area contributed by atoms with Gasteiger partial charge in [-0.25, -0.2) is 15.0 Å². The molecular weight excluding hydrogens is 416 g/mol. The lowest BCUT2D eigenvalue weighted by Gasteiger charge is -2.35. The molecule has 0 bridgehead atoms. The number of rotatable bonds is 10. The Balaban J connectivity index is 1.39. The molecule has 10 heteroatoms. The van der Waals surface area contributed by atoms with E-state index in [0.29, 0.717) is 31.6 Å². The van der Waals surface area contributed by atoms with Gasteiger partial charge in [-0.1, -0.05) is 11.6 Å². The smallest absolute Gasteiger partial charge is 0.240 e. The van der Waals surface area contributed by atoms with Crippen LogP contribution in [-0.4, -0.2) is 46.2 Å². The number of carbonyl (C=O) groups is 1. The molecule has 1 amide bonds. The third-order valence-corrected chi connectivity index (χ3v) is 5.62. The maximum absolute atomic E-state index is 11.0. The van der Waals surface area contributed by atoms with Crippen molar-refractivity contribution in [3.8, 4) is 11.8 Å². The molecule has 3 rings (SSSR count). The molecule has 0 radical (unpaired) electrons. The van der Waals surface area contributed by atoms with E-state index in [1.807, 2.05) is 13.8 Å². The summed E-state index contributed by atoms with van der Waals surface area (Å²) in [5, 5.41) is 3.92. The molecule has 2 aromatic rings. The van der Waals surface area contributed by atoms with Crippen molar-refractivity contribution in [1.82, 2.24) is 20.3 Å². The maximum Gasteiger partial charge on any atom is 0.240 e. The highest BCUT2D eigenvalue weighted by molar-refractivity contribution is 7.11. The second-order valence-corrected chi connectivity index (χ2v) is 8.85. The van der Waals surface area contributed by atoms with Crippen LogP contribution >= 0.6 is 22.9 Å². The van der Waals surface area contributed by atoms with Gasteiger partial charge in [-0.15, -0.1) is 11.3 Å². The number of thiazole rings is 1. The summed E-state index contributed by atoms with van der Waals surface area (Å²) >= 11 is 7.89. The fourth-order valence-corrected chi connectivity index (χ4v) is 3.86. The van der Waals surface area contributed by atoms with Gasteiger partial charge in [0.05, 0.1) is 19.3 Å². The van der Waals surface area contributed by atoms with Crippen LogP contribution in [0.3, 0.4) is 0 Å². The molecule has 1 saturated carbocycles. The summed E-state index contributed by atoms with van der Waals surface area (Å²) in [7, 11) is 0. The standard InChI is InChI=1S/C19H25ClN4O4S/c1-11(24-13(3)25)7-26-15-4-14(5-15)8-27-18-17(20)19(23-10-22-18)28-9-16-21-6-12(2)29-16/h6,10-11,14-15H,4-5,7-9H2,1-3H3,(H,24,25)/t11-,14?,15?/m0/s1. The summed E-state index contributed by atoms with van der Waals surface area (Å²) in [6.07, 6.45) is 5.18. The van der Waals surface area contributed by atoms with Gasteiger partial charge in [0.25, 0.3) is 0 Å². The van der Waals surface area contributed by atoms with Crippen LogP contribution in [0.2, 0.25) is 5.02 Å². The van der Waals surface area contributed by atoms with Crippen molar-refractivity contribution in [3.63, 3.8) is 0 Å². The van der Waals surface area contributed by atoms with Crippen molar-refractivity contribution in [1.29, 1.82) is 0 Å². The number of nitrogens with one attached hydrogen (secondary N) is 1. The topological polar surface area (TPSA) is 95.5 Å². The Hall–Kier alpha value is -1.97. The van der Waals surface area contributed by atoms with Crippen LogP contribution in [0.25, 0.3) is 0 Å². The minimum Gasteiger partial charge on any atom is -0.476 e. The molecule has 1 fully saturated rings. The average molecular weight is 441 g/mol. The zero-order chi connectivity index (χ0) is 20.8. The van der Waals surface area contributed by atoms with E-state index < -0.39 is 0 Å². The summed E-state index contributed by atoms with van der Waals surface area (Å²) in [5.41, 5.74) is 0. The first-order chi connectivity index (χ1) is 13.9. The molecule has 0 saturated heterocycles. The molecule has 1 N–H and O–H groups in total. The summed E-state index contributed by atoms with van der Waals surface area (Å²) in [6, 6.07) is 0.00865. The van der Waals surface area contributed by atoms with Crippen LogP contribution in [0.1, 0.15) is 36.6 Å². The molecule has 0 unspecified atom stereocenters. The number of hydrogen-bond acceptors (Lipinski definition) is 8. The van der Waals surface area contributed by atoms with Crippen LogP contribution in [0, 0.1) is 12.8 Å². The Kier molecular flexibility index (Phi) is 7.63. The maximum atomic E-state index is 11.0. The van der Waals surface area contributed by atoms with Crippen LogP contribution in [0.5, 0.6) is 11.8 Å². The van der Waals surface area contributed by atoms with Crippen LogP contribution < -0.4 is 14.8 Å². The molecule has 0 spiro atoms. The summed E-state index contributed by atoms with van der Waals surface area (Å²) < 4.78 is 17.2. The highest BCUT2D eigenvalue weighted by Crippen LogP contribution is 2.34. The number of halogens is 1. The highest BCUT2D eigenvalue weighted by atomic mass is 35.5. The van der Waals surface area contributed by atoms with E-state index in [4.69, 9.17) is 25.8 Å². The van der Waals surface area contributed by atoms with Gasteiger partial charge in [-0.2, -0.15) is 0 Å². The first kappa shape index (κ1) is 21.7. The van der Waals surface area contributed by atoms with E-state index in [1.54, 1.807) is 17.5 Å². The number of nitrogens with zero attached hydrogens (tertiary/aromatic N) is 3. The second kappa shape index (κ2) is 10.2. The fraction of sp³-hybridized carbons (Fsp3) is 0.579. The number of aryl methyl sites for hydroxylation is 1. The van der Waals surface area contributed by atoms with Crippen molar-refractivity contribution < 1.29 is 19.0 Å². The van der Waals surface area contributed by atoms with Gasteiger partial charge in [0.1, 0.15) is 17.9 Å². The Morgan fingerprint density at radius 1 is 1.31 bits per heavy atom. The number of ether oxygens (including phenoxy) is 3. The first-order valence-corrected chi connectivity index (χ1v) is 10.7. The van der Waals surface area contributed by atoms with Gasteiger partial charge in [0.15, 0.2) is 5.02 Å². The van der Waals surface area contributed by atoms with Crippen LogP contribution in [0.15, 0.2) is 12.5 Å². The third-order valence-electron chi connectivity index (χ3n) is 4.41. The van der Waals surface area contributed by atoms with Crippen molar-refractivity contribution in [2.45, 2.75) is 52.4 Å². The van der Waals surface area contributed by atoms with Gasteiger partial charge < -0.3 is 19.5 Å². The normalized spacial score (nSPS) is 19.3. The largest absolute Gasteiger partial charge is 0.476 e. The minimum absolute atomic E-state index is 0.00865. The second-order valence-electron chi connectivity index (χ2n) is 7.16. The van der Waals surface area contributed by atoms with E-state index >= 15 is 0 Å². The predicted molar refractivity (Wildman–Crippen MR) is 109 cm³/mol. The van der Waals surface area contributed by atoms with E-state index in [-0.39, 0.29) is 29.0 Å². The van der Waals surface area contributed by atoms with Crippen molar-refractivity contribution in [3.05, 3.63) is 27.4 Å². The van der Waals surface area contributed by atoms with Crippen LogP contribution in [-0.2, 0) is 16.1 Å². The van der Waals surface area contributed by atoms with Gasteiger partial charge in [-0.05, 0) is 32.6 Å². The SMILES string of the molecule is CC(=O)N[C@@H](C)COC1CC(COc2ncnc(OCc3ncc(C)s3)c2Cl)C1. The molecule has 2 aromatic heterocycles. The quantitative estimate of drug-likeness (QED) is 0.606. The van der Waals surface area contributed by atoms with Gasteiger partial charge in [-0.3, -0.25) is 4.79 Å².